The fourth-order valence-corrected chi connectivity index (χ4v) is 4.16. The van der Waals surface area contributed by atoms with Crippen LogP contribution >= 0.6 is 0 Å². The monoisotopic (exact) mass is 377 g/mol. The largest absolute Gasteiger partial charge is 0.496 e. The van der Waals surface area contributed by atoms with Crippen LogP contribution in [0.3, 0.4) is 0 Å². The van der Waals surface area contributed by atoms with Gasteiger partial charge in [-0.05, 0) is 51.1 Å². The van der Waals surface area contributed by atoms with Gasteiger partial charge < -0.3 is 9.84 Å². The Labute approximate surface area is 165 Å². The predicted octanol–water partition coefficient (Wildman–Crippen LogP) is 2.81. The Morgan fingerprint density at radius 1 is 1.22 bits per heavy atom. The van der Waals surface area contributed by atoms with E-state index < -0.39 is 0 Å². The molecule has 154 valence electrons. The number of hydrogen-bond acceptors (Lipinski definition) is 5. The van der Waals surface area contributed by atoms with E-state index in [0.29, 0.717) is 12.1 Å². The number of benzene rings is 1. The Morgan fingerprint density at radius 3 is 2.56 bits per heavy atom. The first-order valence-corrected chi connectivity index (χ1v) is 10.5. The zero-order chi connectivity index (χ0) is 19.8. The lowest BCUT2D eigenvalue weighted by molar-refractivity contribution is 0.0349. The normalized spacial score (nSPS) is 19.2. The second kappa shape index (κ2) is 11.0. The molecule has 0 bridgehead atoms. The van der Waals surface area contributed by atoms with Gasteiger partial charge in [0, 0.05) is 57.0 Å². The number of piperazine rings is 1. The van der Waals surface area contributed by atoms with Crippen LogP contribution in [0.2, 0.25) is 0 Å². The van der Waals surface area contributed by atoms with E-state index in [-0.39, 0.29) is 6.61 Å². The predicted molar refractivity (Wildman–Crippen MR) is 112 cm³/mol. The number of hydrogen-bond donors (Lipinski definition) is 1. The minimum Gasteiger partial charge on any atom is -0.496 e. The zero-order valence-corrected chi connectivity index (χ0v) is 17.9. The van der Waals surface area contributed by atoms with Gasteiger partial charge in [-0.1, -0.05) is 19.9 Å². The second-order valence-electron chi connectivity index (χ2n) is 7.84. The zero-order valence-electron chi connectivity index (χ0n) is 17.9. The molecule has 1 aliphatic heterocycles. The standard InChI is InChI=1S/C22H39N3O2/c1-6-23(7-2)16-20-14-19(8-9-22(20)27-5)15-24-11-12-25(18(3)4)21(17-24)10-13-26/h8-9,14,18,21,26H,6-7,10-13,15-17H2,1-5H3/t21-/m0/s1. The van der Waals surface area contributed by atoms with Crippen molar-refractivity contribution in [2.75, 3.05) is 46.4 Å². The molecule has 0 spiro atoms. The van der Waals surface area contributed by atoms with Gasteiger partial charge in [0.05, 0.1) is 7.11 Å². The van der Waals surface area contributed by atoms with Gasteiger partial charge in [-0.3, -0.25) is 14.7 Å². The van der Waals surface area contributed by atoms with Crippen molar-refractivity contribution in [3.8, 4) is 5.75 Å². The first-order valence-electron chi connectivity index (χ1n) is 10.5. The summed E-state index contributed by atoms with van der Waals surface area (Å²) in [5, 5.41) is 9.46. The van der Waals surface area contributed by atoms with Crippen molar-refractivity contribution < 1.29 is 9.84 Å². The van der Waals surface area contributed by atoms with Crippen LogP contribution in [0, 0.1) is 0 Å². The number of aliphatic hydroxyl groups excluding tert-OH is 1. The Bertz CT molecular complexity index is 560. The highest BCUT2D eigenvalue weighted by atomic mass is 16.5. The summed E-state index contributed by atoms with van der Waals surface area (Å²) in [6, 6.07) is 7.60. The van der Waals surface area contributed by atoms with Crippen molar-refractivity contribution in [2.24, 2.45) is 0 Å². The summed E-state index contributed by atoms with van der Waals surface area (Å²) in [7, 11) is 1.76. The van der Waals surface area contributed by atoms with Crippen LogP contribution in [0.1, 0.15) is 45.2 Å². The van der Waals surface area contributed by atoms with Gasteiger partial charge in [0.25, 0.3) is 0 Å². The first-order chi connectivity index (χ1) is 13.0. The summed E-state index contributed by atoms with van der Waals surface area (Å²) in [6.07, 6.45) is 0.852. The molecular formula is C22H39N3O2. The first kappa shape index (κ1) is 22.2. The van der Waals surface area contributed by atoms with Gasteiger partial charge in [0.15, 0.2) is 0 Å². The molecule has 5 nitrogen and oxygen atoms in total. The summed E-state index contributed by atoms with van der Waals surface area (Å²) in [6.45, 7) is 16.3. The molecule has 0 radical (unpaired) electrons. The van der Waals surface area contributed by atoms with Crippen LogP contribution in [-0.4, -0.2) is 78.3 Å². The Hall–Kier alpha value is -1.14. The van der Waals surface area contributed by atoms with Crippen molar-refractivity contribution in [1.82, 2.24) is 14.7 Å². The van der Waals surface area contributed by atoms with Crippen molar-refractivity contribution in [1.29, 1.82) is 0 Å². The molecule has 1 aliphatic rings. The molecule has 1 fully saturated rings. The third kappa shape index (κ3) is 6.18. The minimum atomic E-state index is 0.262. The molecule has 2 rings (SSSR count). The lowest BCUT2D eigenvalue weighted by Gasteiger charge is -2.43. The van der Waals surface area contributed by atoms with Gasteiger partial charge in [0.2, 0.25) is 0 Å². The van der Waals surface area contributed by atoms with Gasteiger partial charge >= 0.3 is 0 Å². The van der Waals surface area contributed by atoms with Crippen LogP contribution < -0.4 is 4.74 Å². The SMILES string of the molecule is CCN(CC)Cc1cc(CN2CCN(C(C)C)[C@@H](CCO)C2)ccc1OC. The summed E-state index contributed by atoms with van der Waals surface area (Å²) < 4.78 is 5.59. The van der Waals surface area contributed by atoms with Crippen molar-refractivity contribution in [3.63, 3.8) is 0 Å². The minimum absolute atomic E-state index is 0.262. The van der Waals surface area contributed by atoms with E-state index in [1.165, 1.54) is 11.1 Å². The number of ether oxygens (including phenoxy) is 1. The smallest absolute Gasteiger partial charge is 0.123 e. The fourth-order valence-electron chi connectivity index (χ4n) is 4.16. The van der Waals surface area contributed by atoms with E-state index >= 15 is 0 Å². The van der Waals surface area contributed by atoms with Gasteiger partial charge in [-0.25, -0.2) is 0 Å². The van der Waals surface area contributed by atoms with Crippen LogP contribution in [0.4, 0.5) is 0 Å². The maximum Gasteiger partial charge on any atom is 0.123 e. The summed E-state index contributed by atoms with van der Waals surface area (Å²) in [4.78, 5) is 7.48. The van der Waals surface area contributed by atoms with Crippen LogP contribution in [0.15, 0.2) is 18.2 Å². The van der Waals surface area contributed by atoms with E-state index in [4.69, 9.17) is 4.74 Å². The Morgan fingerprint density at radius 2 is 1.96 bits per heavy atom. The third-order valence-corrected chi connectivity index (χ3v) is 5.78. The number of nitrogens with zero attached hydrogens (tertiary/aromatic N) is 3. The van der Waals surface area contributed by atoms with Gasteiger partial charge in [0.1, 0.15) is 5.75 Å². The average molecular weight is 378 g/mol. The molecule has 1 atom stereocenters. The maximum absolute atomic E-state index is 9.46. The highest BCUT2D eigenvalue weighted by molar-refractivity contribution is 5.37. The lowest BCUT2D eigenvalue weighted by Crippen LogP contribution is -2.55. The Balaban J connectivity index is 2.08. The maximum atomic E-state index is 9.46. The van der Waals surface area contributed by atoms with E-state index in [1.54, 1.807) is 7.11 Å². The third-order valence-electron chi connectivity index (χ3n) is 5.78. The molecule has 0 aromatic heterocycles. The van der Waals surface area contributed by atoms with Gasteiger partial charge in [-0.15, -0.1) is 0 Å². The van der Waals surface area contributed by atoms with Crippen LogP contribution in [-0.2, 0) is 13.1 Å². The highest BCUT2D eigenvalue weighted by Crippen LogP contribution is 2.24. The van der Waals surface area contributed by atoms with E-state index in [9.17, 15) is 5.11 Å². The van der Waals surface area contributed by atoms with Crippen LogP contribution in [0.25, 0.3) is 0 Å². The molecule has 1 aromatic rings. The molecule has 1 N–H and O–H groups in total. The molecule has 1 heterocycles. The topological polar surface area (TPSA) is 39.2 Å². The van der Waals surface area contributed by atoms with E-state index in [1.807, 2.05) is 0 Å². The van der Waals surface area contributed by atoms with Crippen molar-refractivity contribution in [2.45, 2.75) is 59.3 Å². The molecule has 0 aliphatic carbocycles. The van der Waals surface area contributed by atoms with E-state index in [0.717, 1.165) is 58.0 Å². The average Bonchev–Trinajstić information content (AvgIpc) is 2.66. The molecule has 0 saturated carbocycles. The fraction of sp³-hybridized carbons (Fsp3) is 0.727. The number of aliphatic hydroxyl groups is 1. The molecule has 5 heteroatoms. The highest BCUT2D eigenvalue weighted by Gasteiger charge is 2.28. The van der Waals surface area contributed by atoms with Crippen molar-refractivity contribution in [3.05, 3.63) is 29.3 Å². The molecule has 0 unspecified atom stereocenters. The molecular weight excluding hydrogens is 338 g/mol. The van der Waals surface area contributed by atoms with Gasteiger partial charge in [-0.2, -0.15) is 0 Å². The quantitative estimate of drug-likeness (QED) is 0.679. The molecule has 1 aromatic carbocycles. The number of methoxy groups -OCH3 is 1. The summed E-state index contributed by atoms with van der Waals surface area (Å²) in [5.41, 5.74) is 2.62. The summed E-state index contributed by atoms with van der Waals surface area (Å²) >= 11 is 0. The van der Waals surface area contributed by atoms with Crippen molar-refractivity contribution >= 4 is 0 Å². The number of rotatable bonds is 10. The molecule has 1 saturated heterocycles. The van der Waals surface area contributed by atoms with Crippen LogP contribution in [0.5, 0.6) is 5.75 Å². The lowest BCUT2D eigenvalue weighted by atomic mass is 10.0. The molecule has 27 heavy (non-hydrogen) atoms. The Kier molecular flexibility index (Phi) is 9.03. The van der Waals surface area contributed by atoms with E-state index in [2.05, 4.69) is 60.6 Å². The molecule has 0 amide bonds. The summed E-state index contributed by atoms with van der Waals surface area (Å²) in [5.74, 6) is 0.980. The second-order valence-corrected chi connectivity index (χ2v) is 7.84.